The van der Waals surface area contributed by atoms with Gasteiger partial charge in [-0.05, 0) is 13.3 Å². The fourth-order valence-electron chi connectivity index (χ4n) is 5.38. The molecule has 2 aliphatic rings. The van der Waals surface area contributed by atoms with Gasteiger partial charge in [0.1, 0.15) is 24.5 Å². The number of unbranched alkanes of at least 4 members (excludes halogenated alkanes) is 4. The van der Waals surface area contributed by atoms with Crippen molar-refractivity contribution in [3.05, 3.63) is 65.7 Å². The normalized spacial score (nSPS) is 26.8. The van der Waals surface area contributed by atoms with Gasteiger partial charge in [-0.2, -0.15) is 0 Å². The fourth-order valence-corrected chi connectivity index (χ4v) is 7.66. The zero-order chi connectivity index (χ0) is 35.0. The van der Waals surface area contributed by atoms with Gasteiger partial charge in [-0.15, -0.1) is 11.8 Å². The summed E-state index contributed by atoms with van der Waals surface area (Å²) in [5.41, 5.74) is -2.64. The number of phosphoric acid groups is 1. The maximum absolute atomic E-state index is 13.2. The summed E-state index contributed by atoms with van der Waals surface area (Å²) in [6.07, 6.45) is 0.0656. The van der Waals surface area contributed by atoms with E-state index < -0.39 is 85.7 Å². The van der Waals surface area contributed by atoms with Crippen LogP contribution in [0.4, 0.5) is 0 Å². The zero-order valence-corrected chi connectivity index (χ0v) is 28.2. The molecule has 2 aromatic heterocycles. The van der Waals surface area contributed by atoms with Crippen molar-refractivity contribution in [1.82, 2.24) is 24.4 Å². The van der Waals surface area contributed by atoms with E-state index in [9.17, 15) is 43.6 Å². The number of carbonyl (C=O) groups excluding carboxylic acids is 1. The van der Waals surface area contributed by atoms with Crippen LogP contribution in [0.25, 0.3) is 0 Å². The van der Waals surface area contributed by atoms with E-state index in [1.807, 2.05) is 0 Å². The average molecular weight is 720 g/mol. The number of hydrogen-bond acceptors (Lipinski definition) is 13. The SMILES string of the molecule is CCCCCCCNC(=O)CS[C@@H]1[C@H](OP(=O)(O)OC[C@H]2O[C@@H](n3cc(C)c(=O)[nH]c3=O)C[C@@H]2O)[C@@H](CO)O[C@H]1n1ccc(=O)[nH]c1=O. The Morgan fingerprint density at radius 3 is 2.54 bits per heavy atom. The number of thioether (sulfide) groups is 1. The molecule has 2 aromatic rings. The molecular formula is C28H42N5O13PS. The number of nitrogens with one attached hydrogen (secondary N) is 3. The van der Waals surface area contributed by atoms with Gasteiger partial charge < -0.3 is 29.9 Å². The van der Waals surface area contributed by atoms with Crippen molar-refractivity contribution < 1.29 is 43.0 Å². The quantitative estimate of drug-likeness (QED) is 0.0901. The van der Waals surface area contributed by atoms with Crippen LogP contribution in [0.15, 0.2) is 37.6 Å². The van der Waals surface area contributed by atoms with Crippen molar-refractivity contribution in [2.24, 2.45) is 0 Å². The number of aromatic nitrogens is 4. The zero-order valence-electron chi connectivity index (χ0n) is 26.5. The van der Waals surface area contributed by atoms with E-state index in [2.05, 4.69) is 22.2 Å². The van der Waals surface area contributed by atoms with Gasteiger partial charge in [0.05, 0.1) is 30.3 Å². The number of nitrogens with zero attached hydrogens (tertiary/aromatic N) is 2. The highest BCUT2D eigenvalue weighted by atomic mass is 32.2. The van der Waals surface area contributed by atoms with Crippen LogP contribution in [-0.4, -0.2) is 95.3 Å². The fraction of sp³-hybridized carbons (Fsp3) is 0.679. The van der Waals surface area contributed by atoms with Crippen LogP contribution in [0.3, 0.4) is 0 Å². The number of phosphoric ester groups is 1. The number of aliphatic hydroxyl groups excluding tert-OH is 2. The van der Waals surface area contributed by atoms with Crippen LogP contribution in [0.5, 0.6) is 0 Å². The monoisotopic (exact) mass is 719 g/mol. The predicted octanol–water partition coefficient (Wildman–Crippen LogP) is -0.376. The lowest BCUT2D eigenvalue weighted by Gasteiger charge is -2.26. The standard InChI is InChI=1S/C28H42N5O13PS/c1-3-4-5-6-7-9-29-21(37)15-48-24-23(18(13-34)45-26(24)32-10-8-20(36)30-27(32)39)46-47(41,42)43-14-19-17(35)11-22(44-19)33-12-16(2)25(38)31-28(33)40/h8,10,12,17-19,22-24,26,34-35H,3-7,9,11,13-15H2,1-2H3,(H,29,37)(H,41,42)(H,30,36,39)(H,31,38,40)/t17-,18+,19+,22+,23+,24+,26+/m0/s1. The second kappa shape index (κ2) is 17.2. The highest BCUT2D eigenvalue weighted by Gasteiger charge is 2.50. The molecule has 4 rings (SSSR count). The van der Waals surface area contributed by atoms with Gasteiger partial charge in [0.25, 0.3) is 11.1 Å². The Morgan fingerprint density at radius 1 is 1.10 bits per heavy atom. The number of ether oxygens (including phenoxy) is 2. The minimum Gasteiger partial charge on any atom is -0.394 e. The molecule has 2 saturated heterocycles. The van der Waals surface area contributed by atoms with E-state index in [-0.39, 0.29) is 23.6 Å². The van der Waals surface area contributed by atoms with Crippen LogP contribution in [0.2, 0.25) is 0 Å². The largest absolute Gasteiger partial charge is 0.472 e. The molecule has 20 heteroatoms. The molecule has 0 aromatic carbocycles. The maximum Gasteiger partial charge on any atom is 0.472 e. The molecule has 268 valence electrons. The maximum atomic E-state index is 13.2. The first kappa shape index (κ1) is 37.9. The van der Waals surface area contributed by atoms with Crippen LogP contribution in [0, 0.1) is 6.92 Å². The summed E-state index contributed by atoms with van der Waals surface area (Å²) in [5.74, 6) is -0.490. The smallest absolute Gasteiger partial charge is 0.394 e. The molecule has 0 aliphatic carbocycles. The Bertz CT molecular complexity index is 1680. The highest BCUT2D eigenvalue weighted by Crippen LogP contribution is 2.51. The molecule has 6 N–H and O–H groups in total. The van der Waals surface area contributed by atoms with E-state index in [4.69, 9.17) is 18.5 Å². The Hall–Kier alpha value is -2.87. The Balaban J connectivity index is 1.44. The van der Waals surface area contributed by atoms with Crippen molar-refractivity contribution in [2.45, 2.75) is 94.5 Å². The number of aliphatic hydroxyl groups is 2. The van der Waals surface area contributed by atoms with Crippen molar-refractivity contribution in [3.63, 3.8) is 0 Å². The molecule has 1 unspecified atom stereocenters. The molecule has 1 amide bonds. The van der Waals surface area contributed by atoms with Crippen molar-refractivity contribution >= 4 is 25.5 Å². The van der Waals surface area contributed by atoms with Gasteiger partial charge >= 0.3 is 19.2 Å². The molecule has 18 nitrogen and oxygen atoms in total. The summed E-state index contributed by atoms with van der Waals surface area (Å²) in [7, 11) is -5.00. The van der Waals surface area contributed by atoms with Gasteiger partial charge in [-0.25, -0.2) is 14.2 Å². The number of aryl methyl sites for hydroxylation is 1. The van der Waals surface area contributed by atoms with Gasteiger partial charge in [-0.1, -0.05) is 32.6 Å². The Morgan fingerprint density at radius 2 is 1.83 bits per heavy atom. The summed E-state index contributed by atoms with van der Waals surface area (Å²) in [6, 6.07) is 1.07. The number of rotatable bonds is 17. The van der Waals surface area contributed by atoms with Crippen molar-refractivity contribution in [1.29, 1.82) is 0 Å². The van der Waals surface area contributed by atoms with Crippen LogP contribution in [0.1, 0.15) is 63.5 Å². The molecule has 2 aliphatic heterocycles. The number of carbonyl (C=O) groups is 1. The van der Waals surface area contributed by atoms with Gasteiger partial charge in [0.15, 0.2) is 6.23 Å². The lowest BCUT2D eigenvalue weighted by molar-refractivity contribution is -0.118. The number of amides is 1. The lowest BCUT2D eigenvalue weighted by Crippen LogP contribution is -2.38. The van der Waals surface area contributed by atoms with E-state index in [1.165, 1.54) is 13.1 Å². The molecular weight excluding hydrogens is 677 g/mol. The Kier molecular flexibility index (Phi) is 13.6. The molecule has 4 heterocycles. The molecule has 0 radical (unpaired) electrons. The minimum absolute atomic E-state index is 0.0891. The molecule has 2 fully saturated rings. The van der Waals surface area contributed by atoms with E-state index in [0.29, 0.717) is 6.54 Å². The van der Waals surface area contributed by atoms with Crippen LogP contribution < -0.4 is 27.8 Å². The van der Waals surface area contributed by atoms with Crippen LogP contribution >= 0.6 is 19.6 Å². The first-order valence-electron chi connectivity index (χ1n) is 15.6. The average Bonchev–Trinajstić information content (AvgIpc) is 3.57. The molecule has 0 saturated carbocycles. The van der Waals surface area contributed by atoms with Crippen molar-refractivity contribution in [2.75, 3.05) is 25.5 Å². The third-order valence-electron chi connectivity index (χ3n) is 7.92. The first-order chi connectivity index (χ1) is 22.8. The van der Waals surface area contributed by atoms with Gasteiger partial charge in [0, 0.05) is 37.0 Å². The third kappa shape index (κ3) is 9.86. The second-order valence-electron chi connectivity index (χ2n) is 11.6. The van der Waals surface area contributed by atoms with Gasteiger partial charge in [-0.3, -0.25) is 42.5 Å². The minimum atomic E-state index is -5.00. The van der Waals surface area contributed by atoms with Crippen molar-refractivity contribution in [3.8, 4) is 0 Å². The summed E-state index contributed by atoms with van der Waals surface area (Å²) >= 11 is 0.958. The summed E-state index contributed by atoms with van der Waals surface area (Å²) in [6.45, 7) is 2.68. The van der Waals surface area contributed by atoms with E-state index in [0.717, 1.165) is 65.3 Å². The second-order valence-corrected chi connectivity index (χ2v) is 14.1. The molecule has 8 atom stereocenters. The highest BCUT2D eigenvalue weighted by molar-refractivity contribution is 8.00. The Labute approximate surface area is 278 Å². The molecule has 48 heavy (non-hydrogen) atoms. The topological polar surface area (TPSA) is 253 Å². The number of aromatic amines is 2. The molecule has 0 spiro atoms. The summed E-state index contributed by atoms with van der Waals surface area (Å²) < 4.78 is 37.5. The van der Waals surface area contributed by atoms with E-state index in [1.54, 1.807) is 0 Å². The summed E-state index contributed by atoms with van der Waals surface area (Å²) in [5, 5.41) is 22.4. The number of hydrogen-bond donors (Lipinski definition) is 6. The van der Waals surface area contributed by atoms with Gasteiger partial charge in [0.2, 0.25) is 5.91 Å². The molecule has 0 bridgehead atoms. The number of H-pyrrole nitrogens is 2. The third-order valence-corrected chi connectivity index (χ3v) is 10.2. The summed E-state index contributed by atoms with van der Waals surface area (Å²) in [4.78, 5) is 75.9. The predicted molar refractivity (Wildman–Crippen MR) is 172 cm³/mol. The van der Waals surface area contributed by atoms with E-state index >= 15 is 0 Å². The first-order valence-corrected chi connectivity index (χ1v) is 18.1. The van der Waals surface area contributed by atoms with Crippen LogP contribution in [-0.2, 0) is 27.9 Å². The lowest BCUT2D eigenvalue weighted by atomic mass is 10.1.